The van der Waals surface area contributed by atoms with Gasteiger partial charge in [0.1, 0.15) is 0 Å². The van der Waals surface area contributed by atoms with Crippen molar-refractivity contribution in [2.45, 2.75) is 72.1 Å². The predicted octanol–water partition coefficient (Wildman–Crippen LogP) is 8.53. The van der Waals surface area contributed by atoms with Gasteiger partial charge in [-0.3, -0.25) is 0 Å². The normalized spacial score (nSPS) is 13.4. The van der Waals surface area contributed by atoms with Crippen LogP contribution < -0.4 is 0 Å². The van der Waals surface area contributed by atoms with Crippen molar-refractivity contribution in [3.05, 3.63) is 42.0 Å². The summed E-state index contributed by atoms with van der Waals surface area (Å²) in [5, 5.41) is -1.72. The monoisotopic (exact) mass is 426 g/mol. The minimum absolute atomic E-state index is 1.21. The fraction of sp³-hybridized carbons (Fsp3) is 0.652. The molecule has 0 heterocycles. The van der Waals surface area contributed by atoms with E-state index in [2.05, 4.69) is 67.1 Å². The van der Waals surface area contributed by atoms with Crippen molar-refractivity contribution < 1.29 is 0 Å². The van der Waals surface area contributed by atoms with Gasteiger partial charge in [-0.1, -0.05) is 0 Å². The second kappa shape index (κ2) is 11.6. The van der Waals surface area contributed by atoms with Crippen LogP contribution in [0.2, 0.25) is 0 Å². The number of aryl methyl sites for hydroxylation is 1. The second-order valence-corrected chi connectivity index (χ2v) is 19.3. The Kier molecular flexibility index (Phi) is 10.6. The predicted molar refractivity (Wildman–Crippen MR) is 125 cm³/mol. The third-order valence-corrected chi connectivity index (χ3v) is 15.6. The molecule has 0 saturated carbocycles. The Morgan fingerprint density at radius 2 is 1.24 bits per heavy atom. The van der Waals surface area contributed by atoms with E-state index in [0.717, 1.165) is 0 Å². The van der Waals surface area contributed by atoms with Crippen LogP contribution in [0, 0.1) is 0 Å². The molecular weight excluding hydrogens is 387 g/mol. The van der Waals surface area contributed by atoms with Gasteiger partial charge in [-0.2, -0.15) is 0 Å². The molecule has 1 aromatic rings. The molecule has 1 rings (SSSR count). The van der Waals surface area contributed by atoms with Crippen molar-refractivity contribution in [3.8, 4) is 0 Å². The molecule has 0 radical (unpaired) electrons. The van der Waals surface area contributed by atoms with Gasteiger partial charge in [-0.25, -0.2) is 0 Å². The van der Waals surface area contributed by atoms with Crippen LogP contribution >= 0.6 is 20.8 Å². The van der Waals surface area contributed by atoms with Crippen LogP contribution in [0.15, 0.2) is 30.8 Å². The zero-order chi connectivity index (χ0) is 18.6. The van der Waals surface area contributed by atoms with Crippen LogP contribution in [0.1, 0.15) is 76.8 Å². The molecule has 0 aliphatic rings. The fourth-order valence-corrected chi connectivity index (χ4v) is 12.4. The van der Waals surface area contributed by atoms with Crippen molar-refractivity contribution in [3.63, 3.8) is 0 Å². The van der Waals surface area contributed by atoms with Gasteiger partial charge in [0, 0.05) is 0 Å². The topological polar surface area (TPSA) is 0 Å². The van der Waals surface area contributed by atoms with Gasteiger partial charge in [0.05, 0.1) is 0 Å². The molecule has 0 fully saturated rings. The van der Waals surface area contributed by atoms with E-state index in [1.165, 1.54) is 87.1 Å². The van der Waals surface area contributed by atoms with Crippen molar-refractivity contribution in [1.82, 2.24) is 0 Å². The first-order chi connectivity index (χ1) is 12.0. The van der Waals surface area contributed by atoms with Crippen molar-refractivity contribution in [2.24, 2.45) is 0 Å². The van der Waals surface area contributed by atoms with Crippen LogP contribution in [0.3, 0.4) is 0 Å². The van der Waals surface area contributed by atoms with E-state index in [1.54, 1.807) is 0 Å². The van der Waals surface area contributed by atoms with Crippen LogP contribution in [0.4, 0.5) is 0 Å². The molecule has 0 aliphatic carbocycles. The molecule has 0 saturated heterocycles. The Bertz CT molecular complexity index is 467. The van der Waals surface area contributed by atoms with Crippen molar-refractivity contribution >= 4 is 26.9 Å². The Hall–Kier alpha value is -0.130. The summed E-state index contributed by atoms with van der Waals surface area (Å²) in [6, 6.07) is 8.96. The number of hydrogen-bond donors (Lipinski definition) is 0. The number of hydrogen-bond acceptors (Lipinski definition) is 0. The third kappa shape index (κ3) is 7.96. The van der Waals surface area contributed by atoms with Crippen molar-refractivity contribution in [2.75, 3.05) is 24.6 Å². The molecular formula is C23H40BrP. The van der Waals surface area contributed by atoms with Gasteiger partial charge in [0.2, 0.25) is 0 Å². The van der Waals surface area contributed by atoms with Gasteiger partial charge in [0.15, 0.2) is 0 Å². The summed E-state index contributed by atoms with van der Waals surface area (Å²) < 4.78 is 0. The minimum atomic E-state index is -1.72. The van der Waals surface area contributed by atoms with E-state index in [1.807, 2.05) is 6.08 Å². The molecule has 0 aliphatic heterocycles. The molecule has 0 aromatic heterocycles. The van der Waals surface area contributed by atoms with Gasteiger partial charge >= 0.3 is 166 Å². The molecule has 25 heavy (non-hydrogen) atoms. The van der Waals surface area contributed by atoms with Crippen LogP contribution in [0.5, 0.6) is 0 Å². The molecule has 2 heteroatoms. The molecule has 0 bridgehead atoms. The Morgan fingerprint density at radius 1 is 0.800 bits per heavy atom. The number of unbranched alkanes of at least 4 members (excludes halogenated alkanes) is 3. The number of benzene rings is 1. The summed E-state index contributed by atoms with van der Waals surface area (Å²) in [7, 11) is 0. The Labute approximate surface area is 165 Å². The zero-order valence-electron chi connectivity index (χ0n) is 16.9. The van der Waals surface area contributed by atoms with E-state index in [4.69, 9.17) is 0 Å². The second-order valence-electron chi connectivity index (χ2n) is 7.82. The first-order valence-electron chi connectivity index (χ1n) is 10.4. The van der Waals surface area contributed by atoms with Gasteiger partial charge < -0.3 is 0 Å². The van der Waals surface area contributed by atoms with E-state index in [-0.39, 0.29) is 0 Å². The maximum atomic E-state index is 4.51. The Morgan fingerprint density at radius 3 is 1.64 bits per heavy atom. The maximum absolute atomic E-state index is 4.51. The molecule has 0 N–H and O–H groups in total. The first-order valence-corrected chi connectivity index (χ1v) is 15.4. The first kappa shape index (κ1) is 22.9. The Balaban J connectivity index is 2.79. The van der Waals surface area contributed by atoms with E-state index in [9.17, 15) is 0 Å². The summed E-state index contributed by atoms with van der Waals surface area (Å²) in [5.74, 6) is 0. The van der Waals surface area contributed by atoms with E-state index < -0.39 is 5.31 Å². The fourth-order valence-electron chi connectivity index (χ4n) is 3.83. The SMILES string of the molecule is C=Cc1ccc(CCCP(Br)(CCCC)(CCCC)CCCC)cc1. The summed E-state index contributed by atoms with van der Waals surface area (Å²) in [6.07, 6.45) is 18.4. The molecule has 0 amide bonds. The number of halogens is 1. The molecule has 1 aromatic carbocycles. The van der Waals surface area contributed by atoms with Gasteiger partial charge in [-0.05, 0) is 0 Å². The molecule has 0 atom stereocenters. The van der Waals surface area contributed by atoms with E-state index in [0.29, 0.717) is 0 Å². The van der Waals surface area contributed by atoms with Crippen LogP contribution in [-0.2, 0) is 6.42 Å². The van der Waals surface area contributed by atoms with Gasteiger partial charge in [0.25, 0.3) is 0 Å². The number of rotatable bonds is 14. The van der Waals surface area contributed by atoms with Crippen LogP contribution in [-0.4, -0.2) is 24.6 Å². The zero-order valence-corrected chi connectivity index (χ0v) is 19.4. The third-order valence-electron chi connectivity index (χ3n) is 5.61. The summed E-state index contributed by atoms with van der Waals surface area (Å²) in [5.41, 5.74) is 2.70. The summed E-state index contributed by atoms with van der Waals surface area (Å²) >= 11 is 4.51. The summed E-state index contributed by atoms with van der Waals surface area (Å²) in [4.78, 5) is 0. The average molecular weight is 427 g/mol. The molecule has 0 spiro atoms. The van der Waals surface area contributed by atoms with Crippen molar-refractivity contribution in [1.29, 1.82) is 0 Å². The van der Waals surface area contributed by atoms with Crippen LogP contribution in [0.25, 0.3) is 6.08 Å². The van der Waals surface area contributed by atoms with Gasteiger partial charge in [-0.15, -0.1) is 0 Å². The van der Waals surface area contributed by atoms with E-state index >= 15 is 0 Å². The summed E-state index contributed by atoms with van der Waals surface area (Å²) in [6.45, 7) is 10.9. The quantitative estimate of drug-likeness (QED) is 0.261. The molecule has 0 nitrogen and oxygen atoms in total. The molecule has 144 valence electrons. The standard InChI is InChI=1S/C23H40BrP/c1-5-9-18-25(24,19-10-6-2,20-11-7-3)21-12-13-23-16-14-22(8-4)15-17-23/h8,14-17H,4-7,9-13,18-21H2,1-3H3. The average Bonchev–Trinajstić information content (AvgIpc) is 2.64. The molecule has 0 unspecified atom stereocenters.